The van der Waals surface area contributed by atoms with Crippen molar-refractivity contribution in [1.29, 1.82) is 0 Å². The molecule has 0 radical (unpaired) electrons. The van der Waals surface area contributed by atoms with Crippen LogP contribution in [0.5, 0.6) is 0 Å². The van der Waals surface area contributed by atoms with E-state index in [0.717, 1.165) is 29.1 Å². The Balaban J connectivity index is 2.29. The Morgan fingerprint density at radius 3 is 2.50 bits per heavy atom. The van der Waals surface area contributed by atoms with E-state index in [4.69, 9.17) is 4.74 Å². The van der Waals surface area contributed by atoms with Crippen LogP contribution in [-0.2, 0) is 4.74 Å². The van der Waals surface area contributed by atoms with Crippen molar-refractivity contribution in [3.8, 4) is 0 Å². The normalized spacial score (nSPS) is 12.8. The first-order valence-electron chi connectivity index (χ1n) is 6.67. The smallest absolute Gasteiger partial charge is 0.128 e. The lowest BCUT2D eigenvalue weighted by atomic mass is 10.1. The summed E-state index contributed by atoms with van der Waals surface area (Å²) in [6, 6.07) is 16.6. The van der Waals surface area contributed by atoms with Gasteiger partial charge in [0.2, 0.25) is 0 Å². The molecule has 0 bridgehead atoms. The van der Waals surface area contributed by atoms with Gasteiger partial charge >= 0.3 is 0 Å². The molecule has 2 aromatic carbocycles. The van der Waals surface area contributed by atoms with Crippen LogP contribution >= 0.6 is 0 Å². The third-order valence-corrected chi connectivity index (χ3v) is 3.51. The molecule has 3 rings (SSSR count). The molecule has 0 amide bonds. The fourth-order valence-electron chi connectivity index (χ4n) is 2.62. The van der Waals surface area contributed by atoms with E-state index in [9.17, 15) is 0 Å². The van der Waals surface area contributed by atoms with E-state index >= 15 is 0 Å². The first-order valence-corrected chi connectivity index (χ1v) is 6.67. The molecule has 1 aliphatic heterocycles. The second kappa shape index (κ2) is 5.25. The van der Waals surface area contributed by atoms with Gasteiger partial charge in [-0.15, -0.1) is 6.58 Å². The molecule has 100 valence electrons. The number of fused-ring (bicyclic) bond motifs is 2. The van der Waals surface area contributed by atoms with Crippen LogP contribution < -0.4 is 4.90 Å². The fraction of sp³-hybridized carbons (Fsp3) is 0.111. The summed E-state index contributed by atoms with van der Waals surface area (Å²) in [4.78, 5) is 2.26. The van der Waals surface area contributed by atoms with Crippen LogP contribution in [0, 0.1) is 0 Å². The van der Waals surface area contributed by atoms with Gasteiger partial charge in [0.1, 0.15) is 5.76 Å². The molecule has 2 nitrogen and oxygen atoms in total. The maximum atomic E-state index is 5.59. The van der Waals surface area contributed by atoms with E-state index in [1.165, 1.54) is 5.69 Å². The number of ether oxygens (including phenoxy) is 1. The molecule has 2 aromatic rings. The Kier molecular flexibility index (Phi) is 3.30. The molecule has 0 saturated heterocycles. The van der Waals surface area contributed by atoms with E-state index in [2.05, 4.69) is 54.0 Å². The van der Waals surface area contributed by atoms with Gasteiger partial charge in [0.15, 0.2) is 0 Å². The third-order valence-electron chi connectivity index (χ3n) is 3.51. The van der Waals surface area contributed by atoms with Crippen molar-refractivity contribution in [2.75, 3.05) is 18.6 Å². The predicted octanol–water partition coefficient (Wildman–Crippen LogP) is 4.47. The highest BCUT2D eigenvalue weighted by Crippen LogP contribution is 2.39. The molecule has 0 fully saturated rings. The summed E-state index contributed by atoms with van der Waals surface area (Å²) in [6.45, 7) is 4.64. The predicted molar refractivity (Wildman–Crippen MR) is 85.0 cm³/mol. The summed E-state index contributed by atoms with van der Waals surface area (Å²) in [7, 11) is 1.72. The number of nitrogens with zero attached hydrogens (tertiary/aromatic N) is 1. The Hall–Kier alpha value is -2.48. The molecule has 0 aliphatic carbocycles. The molecule has 1 heterocycles. The average molecular weight is 263 g/mol. The van der Waals surface area contributed by atoms with Crippen molar-refractivity contribution in [3.63, 3.8) is 0 Å². The maximum absolute atomic E-state index is 5.59. The van der Waals surface area contributed by atoms with Gasteiger partial charge in [0.05, 0.1) is 12.8 Å². The van der Waals surface area contributed by atoms with Gasteiger partial charge in [-0.25, -0.2) is 0 Å². The lowest BCUT2D eigenvalue weighted by Crippen LogP contribution is -2.18. The van der Waals surface area contributed by atoms with Crippen LogP contribution in [0.4, 0.5) is 11.4 Å². The number of rotatable bonds is 3. The minimum atomic E-state index is 0.763. The Morgan fingerprint density at radius 1 is 1.05 bits per heavy atom. The zero-order chi connectivity index (χ0) is 13.9. The van der Waals surface area contributed by atoms with Crippen LogP contribution in [0.1, 0.15) is 11.1 Å². The second-order valence-corrected chi connectivity index (χ2v) is 4.69. The van der Waals surface area contributed by atoms with Gasteiger partial charge in [-0.05, 0) is 24.3 Å². The molecule has 0 aromatic heterocycles. The summed E-state index contributed by atoms with van der Waals surface area (Å²) < 4.78 is 5.59. The second-order valence-electron chi connectivity index (χ2n) is 4.69. The van der Waals surface area contributed by atoms with Gasteiger partial charge in [-0.3, -0.25) is 0 Å². The summed E-state index contributed by atoms with van der Waals surface area (Å²) in [5.41, 5.74) is 4.58. The van der Waals surface area contributed by atoms with Crippen LogP contribution in [0.2, 0.25) is 0 Å². The number of hydrogen-bond acceptors (Lipinski definition) is 2. The molecule has 2 heteroatoms. The Labute approximate surface area is 119 Å². The van der Waals surface area contributed by atoms with Crippen molar-refractivity contribution >= 4 is 23.2 Å². The molecule has 0 unspecified atom stereocenters. The SMILES string of the molecule is C=CCN1c2ccccc2C=C(OC)c2ccccc21. The lowest BCUT2D eigenvalue weighted by Gasteiger charge is -2.25. The zero-order valence-electron chi connectivity index (χ0n) is 11.5. The van der Waals surface area contributed by atoms with Crippen LogP contribution in [-0.4, -0.2) is 13.7 Å². The number of anilines is 2. The molecule has 1 aliphatic rings. The maximum Gasteiger partial charge on any atom is 0.128 e. The highest BCUT2D eigenvalue weighted by molar-refractivity contribution is 5.92. The summed E-state index contributed by atoms with van der Waals surface area (Å²) in [5, 5.41) is 0. The average Bonchev–Trinajstić information content (AvgIpc) is 2.63. The van der Waals surface area contributed by atoms with Gasteiger partial charge < -0.3 is 9.64 Å². The topological polar surface area (TPSA) is 12.5 Å². The summed E-state index contributed by atoms with van der Waals surface area (Å²) >= 11 is 0. The van der Waals surface area contributed by atoms with E-state index in [1.807, 2.05) is 18.2 Å². The van der Waals surface area contributed by atoms with Crippen LogP contribution in [0.25, 0.3) is 11.8 Å². The highest BCUT2D eigenvalue weighted by atomic mass is 16.5. The minimum absolute atomic E-state index is 0.763. The zero-order valence-corrected chi connectivity index (χ0v) is 11.5. The first kappa shape index (κ1) is 12.5. The standard InChI is InChI=1S/C18H17NO/c1-3-12-19-16-10-6-4-8-14(16)13-18(20-2)15-9-5-7-11-17(15)19/h3-11,13H,1,12H2,2H3. The van der Waals surface area contributed by atoms with Gasteiger partial charge in [-0.1, -0.05) is 36.4 Å². The number of benzene rings is 2. The number of para-hydroxylation sites is 2. The quantitative estimate of drug-likeness (QED) is 0.758. The molecular weight excluding hydrogens is 246 g/mol. The first-order chi connectivity index (χ1) is 9.85. The molecule has 0 N–H and O–H groups in total. The van der Waals surface area contributed by atoms with Gasteiger partial charge in [-0.2, -0.15) is 0 Å². The van der Waals surface area contributed by atoms with E-state index in [1.54, 1.807) is 7.11 Å². The molecule has 20 heavy (non-hydrogen) atoms. The molecular formula is C18H17NO. The summed E-state index contributed by atoms with van der Waals surface area (Å²) in [5.74, 6) is 0.889. The van der Waals surface area contributed by atoms with Crippen molar-refractivity contribution in [3.05, 3.63) is 72.3 Å². The van der Waals surface area contributed by atoms with Gasteiger partial charge in [0.25, 0.3) is 0 Å². The Morgan fingerprint density at radius 2 is 1.75 bits per heavy atom. The molecule has 0 spiro atoms. The largest absolute Gasteiger partial charge is 0.496 e. The number of methoxy groups -OCH3 is 1. The van der Waals surface area contributed by atoms with E-state index in [-0.39, 0.29) is 0 Å². The monoisotopic (exact) mass is 263 g/mol. The van der Waals surface area contributed by atoms with Crippen molar-refractivity contribution in [1.82, 2.24) is 0 Å². The minimum Gasteiger partial charge on any atom is -0.496 e. The lowest BCUT2D eigenvalue weighted by molar-refractivity contribution is 0.373. The van der Waals surface area contributed by atoms with E-state index in [0.29, 0.717) is 0 Å². The number of hydrogen-bond donors (Lipinski definition) is 0. The Bertz CT molecular complexity index is 673. The van der Waals surface area contributed by atoms with Crippen LogP contribution in [0.15, 0.2) is 61.2 Å². The van der Waals surface area contributed by atoms with Crippen molar-refractivity contribution in [2.24, 2.45) is 0 Å². The van der Waals surface area contributed by atoms with Crippen molar-refractivity contribution < 1.29 is 4.74 Å². The van der Waals surface area contributed by atoms with Crippen molar-refractivity contribution in [2.45, 2.75) is 0 Å². The highest BCUT2D eigenvalue weighted by Gasteiger charge is 2.20. The third kappa shape index (κ3) is 1.99. The van der Waals surface area contributed by atoms with E-state index < -0.39 is 0 Å². The van der Waals surface area contributed by atoms with Crippen LogP contribution in [0.3, 0.4) is 0 Å². The molecule has 0 saturated carbocycles. The fourth-order valence-corrected chi connectivity index (χ4v) is 2.62. The molecule has 0 atom stereocenters. The van der Waals surface area contributed by atoms with Gasteiger partial charge in [0, 0.05) is 23.4 Å². The summed E-state index contributed by atoms with van der Waals surface area (Å²) in [6.07, 6.45) is 4.02.